The highest BCUT2D eigenvalue weighted by molar-refractivity contribution is 8.00. The van der Waals surface area contributed by atoms with Crippen LogP contribution in [0.5, 0.6) is 0 Å². The van der Waals surface area contributed by atoms with E-state index in [0.717, 1.165) is 9.32 Å². The second kappa shape index (κ2) is 6.73. The first-order chi connectivity index (χ1) is 9.49. The van der Waals surface area contributed by atoms with Crippen LogP contribution in [0.3, 0.4) is 0 Å². The van der Waals surface area contributed by atoms with Crippen molar-refractivity contribution in [3.05, 3.63) is 0 Å². The largest absolute Gasteiger partial charge is 0.377 e. The van der Waals surface area contributed by atoms with Crippen molar-refractivity contribution in [2.24, 2.45) is 0 Å². The van der Waals surface area contributed by atoms with Crippen molar-refractivity contribution >= 4 is 35.5 Å². The molecule has 1 fully saturated rings. The number of carbonyl (C=O) groups is 2. The summed E-state index contributed by atoms with van der Waals surface area (Å²) < 4.78 is 6.29. The third-order valence-electron chi connectivity index (χ3n) is 3.07. The van der Waals surface area contributed by atoms with Crippen LogP contribution in [0.4, 0.5) is 4.79 Å². The average Bonchev–Trinajstić information content (AvgIpc) is 2.51. The van der Waals surface area contributed by atoms with E-state index in [0.29, 0.717) is 5.75 Å². The Bertz CT molecular complexity index is 415. The minimum absolute atomic E-state index is 0.0319. The predicted octanol–water partition coefficient (Wildman–Crippen LogP) is 2.05. The number of halogens is 1. The summed E-state index contributed by atoms with van der Waals surface area (Å²) in [7, 11) is 0. The molecule has 8 heteroatoms. The number of imide groups is 1. The van der Waals surface area contributed by atoms with Crippen LogP contribution in [-0.4, -0.2) is 61.8 Å². The lowest BCUT2D eigenvalue weighted by molar-refractivity contribution is -0.130. The molecule has 1 N–H and O–H groups in total. The number of hydrogen-bond acceptors (Lipinski definition) is 5. The number of ether oxygens (including phenoxy) is 1. The van der Waals surface area contributed by atoms with E-state index >= 15 is 0 Å². The van der Waals surface area contributed by atoms with Crippen molar-refractivity contribution < 1.29 is 19.4 Å². The van der Waals surface area contributed by atoms with Crippen molar-refractivity contribution in [2.75, 3.05) is 18.9 Å². The summed E-state index contributed by atoms with van der Waals surface area (Å²) in [5.74, 6) is 0.0772. The van der Waals surface area contributed by atoms with Gasteiger partial charge in [-0.15, -0.1) is 11.8 Å². The number of nitrogens with zero attached hydrogens (tertiary/aromatic N) is 2. The summed E-state index contributed by atoms with van der Waals surface area (Å²) in [6.45, 7) is 9.00. The van der Waals surface area contributed by atoms with Gasteiger partial charge < -0.3 is 9.84 Å². The Hall–Kier alpha value is -0.500. The van der Waals surface area contributed by atoms with Crippen LogP contribution in [-0.2, 0) is 9.53 Å². The van der Waals surface area contributed by atoms with E-state index in [1.54, 1.807) is 20.8 Å². The third kappa shape index (κ3) is 4.48. The number of hydrogen-bond donors (Lipinski definition) is 1. The zero-order valence-electron chi connectivity index (χ0n) is 13.1. The van der Waals surface area contributed by atoms with E-state index in [1.165, 1.54) is 11.8 Å². The van der Waals surface area contributed by atoms with Crippen LogP contribution in [0, 0.1) is 0 Å². The van der Waals surface area contributed by atoms with Crippen molar-refractivity contribution in [3.8, 4) is 0 Å². The molecule has 0 aromatic carbocycles. The van der Waals surface area contributed by atoms with Crippen molar-refractivity contribution in [2.45, 2.75) is 51.2 Å². The monoisotopic (exact) mass is 338 g/mol. The van der Waals surface area contributed by atoms with E-state index in [1.807, 2.05) is 13.8 Å². The molecule has 0 aromatic rings. The molecular formula is C13H23ClN2O4S. The van der Waals surface area contributed by atoms with Crippen molar-refractivity contribution in [1.29, 1.82) is 0 Å². The topological polar surface area (TPSA) is 70.1 Å². The summed E-state index contributed by atoms with van der Waals surface area (Å²) in [5.41, 5.74) is -1.04. The Balaban J connectivity index is 2.49. The first-order valence-corrected chi connectivity index (χ1v) is 8.11. The number of thioether (sulfide) groups is 1. The van der Waals surface area contributed by atoms with Gasteiger partial charge in [0.15, 0.2) is 0 Å². The number of aliphatic hydroxyl groups is 1. The lowest BCUT2D eigenvalue weighted by Crippen LogP contribution is -2.40. The first kappa shape index (κ1) is 18.5. The molecule has 0 saturated carbocycles. The zero-order chi connectivity index (χ0) is 16.4. The Labute approximate surface area is 134 Å². The summed E-state index contributed by atoms with van der Waals surface area (Å²) >= 11 is 7.08. The summed E-state index contributed by atoms with van der Waals surface area (Å²) in [6.07, 6.45) is 0.0319. The normalized spacial score (nSPS) is 21.3. The van der Waals surface area contributed by atoms with Gasteiger partial charge in [0.1, 0.15) is 10.5 Å². The molecule has 21 heavy (non-hydrogen) atoms. The molecule has 0 bridgehead atoms. The summed E-state index contributed by atoms with van der Waals surface area (Å²) in [4.78, 5) is 24.1. The molecule has 1 rings (SSSR count). The molecule has 1 atom stereocenters. The second-order valence-electron chi connectivity index (χ2n) is 5.96. The summed E-state index contributed by atoms with van der Waals surface area (Å²) in [5, 5.41) is 10.1. The standard InChI is InChI=1S/C13H23ClN2O4S/c1-9(2)20-8-13(5,19)21-7-6-15-10(17)12(3,4)16(14)11(15)18/h9,19H,6-8H2,1-5H3. The van der Waals surface area contributed by atoms with Gasteiger partial charge in [-0.1, -0.05) is 0 Å². The lowest BCUT2D eigenvalue weighted by Gasteiger charge is -2.24. The Morgan fingerprint density at radius 3 is 2.43 bits per heavy atom. The maximum atomic E-state index is 12.1. The second-order valence-corrected chi connectivity index (χ2v) is 7.88. The molecule has 1 aliphatic rings. The number of amides is 3. The molecule has 0 aromatic heterocycles. The molecule has 1 heterocycles. The van der Waals surface area contributed by atoms with Crippen LogP contribution in [0.2, 0.25) is 0 Å². The first-order valence-electron chi connectivity index (χ1n) is 6.79. The number of urea groups is 1. The molecule has 6 nitrogen and oxygen atoms in total. The number of rotatable bonds is 7. The molecular weight excluding hydrogens is 316 g/mol. The highest BCUT2D eigenvalue weighted by Gasteiger charge is 2.50. The molecule has 1 saturated heterocycles. The van der Waals surface area contributed by atoms with Gasteiger partial charge in [0.25, 0.3) is 5.91 Å². The molecule has 1 aliphatic heterocycles. The van der Waals surface area contributed by atoms with E-state index in [2.05, 4.69) is 0 Å². The van der Waals surface area contributed by atoms with Crippen LogP contribution in [0.1, 0.15) is 34.6 Å². The minimum Gasteiger partial charge on any atom is -0.377 e. The van der Waals surface area contributed by atoms with Gasteiger partial charge in [-0.05, 0) is 34.6 Å². The smallest absolute Gasteiger partial charge is 0.342 e. The molecule has 0 aliphatic carbocycles. The fraction of sp³-hybridized carbons (Fsp3) is 0.846. The maximum absolute atomic E-state index is 12.1. The van der Waals surface area contributed by atoms with Gasteiger partial charge in [-0.25, -0.2) is 9.21 Å². The third-order valence-corrected chi connectivity index (χ3v) is 4.76. The zero-order valence-corrected chi connectivity index (χ0v) is 14.6. The van der Waals surface area contributed by atoms with E-state index in [-0.39, 0.29) is 25.2 Å². The van der Waals surface area contributed by atoms with Crippen molar-refractivity contribution in [3.63, 3.8) is 0 Å². The Morgan fingerprint density at radius 1 is 1.43 bits per heavy atom. The Morgan fingerprint density at radius 2 is 2.00 bits per heavy atom. The van der Waals surface area contributed by atoms with Gasteiger partial charge in [0.2, 0.25) is 0 Å². The Kier molecular flexibility index (Phi) is 5.94. The minimum atomic E-state index is -1.06. The highest BCUT2D eigenvalue weighted by atomic mass is 35.5. The molecule has 3 amide bonds. The molecule has 0 spiro atoms. The highest BCUT2D eigenvalue weighted by Crippen LogP contribution is 2.30. The molecule has 122 valence electrons. The van der Waals surface area contributed by atoms with E-state index < -0.39 is 16.5 Å². The van der Waals surface area contributed by atoms with Crippen LogP contribution >= 0.6 is 23.5 Å². The average molecular weight is 339 g/mol. The van der Waals surface area contributed by atoms with Gasteiger partial charge in [0.05, 0.1) is 12.7 Å². The fourth-order valence-electron chi connectivity index (χ4n) is 1.76. The lowest BCUT2D eigenvalue weighted by atomic mass is 10.1. The predicted molar refractivity (Wildman–Crippen MR) is 83.0 cm³/mol. The van der Waals surface area contributed by atoms with Crippen LogP contribution in [0.15, 0.2) is 0 Å². The molecule has 0 radical (unpaired) electrons. The van der Waals surface area contributed by atoms with Gasteiger partial charge >= 0.3 is 6.03 Å². The fourth-order valence-corrected chi connectivity index (χ4v) is 2.79. The van der Waals surface area contributed by atoms with Gasteiger partial charge in [0, 0.05) is 24.1 Å². The number of carbonyl (C=O) groups excluding carboxylic acids is 2. The quantitative estimate of drug-likeness (QED) is 0.437. The van der Waals surface area contributed by atoms with Crippen LogP contribution in [0.25, 0.3) is 0 Å². The van der Waals surface area contributed by atoms with Crippen molar-refractivity contribution in [1.82, 2.24) is 9.32 Å². The van der Waals surface area contributed by atoms with Gasteiger partial charge in [-0.3, -0.25) is 9.69 Å². The van der Waals surface area contributed by atoms with Gasteiger partial charge in [-0.2, -0.15) is 0 Å². The van der Waals surface area contributed by atoms with E-state index in [4.69, 9.17) is 16.5 Å². The SMILES string of the molecule is CC(C)OCC(C)(O)SCCN1C(=O)N(Cl)C(C)(C)C1=O. The maximum Gasteiger partial charge on any atom is 0.342 e. The van der Waals surface area contributed by atoms with Crippen LogP contribution < -0.4 is 0 Å². The van der Waals surface area contributed by atoms with E-state index in [9.17, 15) is 14.7 Å². The molecule has 1 unspecified atom stereocenters. The summed E-state index contributed by atoms with van der Waals surface area (Å²) in [6, 6.07) is -0.523.